The number of carbonyl (C=O) groups is 1. The summed E-state index contributed by atoms with van der Waals surface area (Å²) in [5, 5.41) is 72.1. The lowest BCUT2D eigenvalue weighted by atomic mass is 9.81. The van der Waals surface area contributed by atoms with Gasteiger partial charge >= 0.3 is 0 Å². The van der Waals surface area contributed by atoms with E-state index in [0.29, 0.717) is 17.7 Å². The van der Waals surface area contributed by atoms with Gasteiger partial charge in [-0.3, -0.25) is 4.79 Å². The minimum Gasteiger partial charge on any atom is -0.462 e. The third kappa shape index (κ3) is 6.23. The van der Waals surface area contributed by atoms with E-state index in [0.717, 1.165) is 16.7 Å². The molecule has 0 radical (unpaired) electrons. The normalized spacial score (nSPS) is 34.4. The molecule has 2 saturated heterocycles. The van der Waals surface area contributed by atoms with Crippen LogP contribution in [0.4, 0.5) is 0 Å². The van der Waals surface area contributed by atoms with E-state index in [9.17, 15) is 40.5 Å². The molecule has 40 heavy (non-hydrogen) atoms. The van der Waals surface area contributed by atoms with Crippen molar-refractivity contribution < 1.29 is 54.8 Å². The smallest absolute Gasteiger partial charge is 0.226 e. The summed E-state index contributed by atoms with van der Waals surface area (Å²) in [7, 11) is 0. The van der Waals surface area contributed by atoms with Crippen LogP contribution in [0, 0.1) is 12.8 Å². The zero-order valence-electron chi connectivity index (χ0n) is 22.4. The van der Waals surface area contributed by atoms with Gasteiger partial charge in [0.25, 0.3) is 0 Å². The standard InChI is InChI=1S/C29H38O11/c1-3-19(32)16-8-6-15(7-9-16)17-5-4-14(2)20(10-17)39-29-25(34)18(24(33)22(12-30)40-29)11-21-26(35)28(37)27(36)23(13-31)38-21/h4-10,18,21-31,33-37H,3,11-13H2,1-2H3/t18-,21+,22+,23+,24-,25-,26+,27+,28+,29-/m0/s1. The highest BCUT2D eigenvalue weighted by Gasteiger charge is 2.50. The first kappa shape index (κ1) is 30.5. The number of hydrogen-bond acceptors (Lipinski definition) is 11. The predicted molar refractivity (Wildman–Crippen MR) is 141 cm³/mol. The number of hydrogen-bond donors (Lipinski definition) is 7. The summed E-state index contributed by atoms with van der Waals surface area (Å²) < 4.78 is 17.3. The van der Waals surface area contributed by atoms with Gasteiger partial charge in [-0.1, -0.05) is 43.3 Å². The van der Waals surface area contributed by atoms with E-state index in [4.69, 9.17) is 14.2 Å². The monoisotopic (exact) mass is 562 g/mol. The maximum absolute atomic E-state index is 12.0. The molecule has 0 unspecified atom stereocenters. The zero-order chi connectivity index (χ0) is 29.1. The summed E-state index contributed by atoms with van der Waals surface area (Å²) in [4.78, 5) is 12.0. The molecule has 0 aromatic heterocycles. The van der Waals surface area contributed by atoms with Gasteiger partial charge < -0.3 is 50.0 Å². The summed E-state index contributed by atoms with van der Waals surface area (Å²) in [5.74, 6) is -0.596. The highest BCUT2D eigenvalue weighted by molar-refractivity contribution is 5.96. The Morgan fingerprint density at radius 2 is 1.38 bits per heavy atom. The molecule has 0 spiro atoms. The molecule has 220 valence electrons. The Kier molecular flexibility index (Phi) is 9.93. The van der Waals surface area contributed by atoms with Gasteiger partial charge in [0.2, 0.25) is 6.29 Å². The van der Waals surface area contributed by atoms with Crippen LogP contribution in [0.3, 0.4) is 0 Å². The van der Waals surface area contributed by atoms with E-state index in [-0.39, 0.29) is 12.2 Å². The lowest BCUT2D eigenvalue weighted by Crippen LogP contribution is -2.62. The molecular weight excluding hydrogens is 524 g/mol. The number of benzene rings is 2. The average Bonchev–Trinajstić information content (AvgIpc) is 2.97. The van der Waals surface area contributed by atoms with Crippen molar-refractivity contribution in [1.29, 1.82) is 0 Å². The summed E-state index contributed by atoms with van der Waals surface area (Å²) in [5.41, 5.74) is 2.98. The molecule has 2 fully saturated rings. The maximum Gasteiger partial charge on any atom is 0.226 e. The maximum atomic E-state index is 12.0. The first-order chi connectivity index (χ1) is 19.1. The van der Waals surface area contributed by atoms with Crippen molar-refractivity contribution in [2.24, 2.45) is 5.92 Å². The summed E-state index contributed by atoms with van der Waals surface area (Å²) in [6, 6.07) is 12.6. The molecule has 0 amide bonds. The van der Waals surface area contributed by atoms with Gasteiger partial charge in [0, 0.05) is 17.9 Å². The Morgan fingerprint density at radius 1 is 0.775 bits per heavy atom. The SMILES string of the molecule is CCC(=O)c1ccc(-c2ccc(C)c(O[C@H]3O[C@H](CO)[C@@H](O)[C@H](C[C@H]4O[C@H](CO)[C@@H](O)[C@H](O)[C@@H]4O)[C@@H]3O)c2)cc1. The van der Waals surface area contributed by atoms with Crippen molar-refractivity contribution in [3.05, 3.63) is 53.6 Å². The van der Waals surface area contributed by atoms with Gasteiger partial charge in [0.15, 0.2) is 5.78 Å². The molecule has 2 aromatic rings. The van der Waals surface area contributed by atoms with Gasteiger partial charge in [0.1, 0.15) is 42.4 Å². The number of carbonyl (C=O) groups excluding carboxylic acids is 1. The van der Waals surface area contributed by atoms with Gasteiger partial charge in [-0.15, -0.1) is 0 Å². The fourth-order valence-electron chi connectivity index (χ4n) is 5.27. The van der Waals surface area contributed by atoms with Crippen molar-refractivity contribution in [2.75, 3.05) is 13.2 Å². The molecule has 4 rings (SSSR count). The first-order valence-corrected chi connectivity index (χ1v) is 13.4. The first-order valence-electron chi connectivity index (χ1n) is 13.4. The number of ether oxygens (including phenoxy) is 3. The lowest BCUT2D eigenvalue weighted by molar-refractivity contribution is -0.278. The van der Waals surface area contributed by atoms with E-state index >= 15 is 0 Å². The quantitative estimate of drug-likeness (QED) is 0.203. The van der Waals surface area contributed by atoms with Crippen molar-refractivity contribution in [3.63, 3.8) is 0 Å². The number of aliphatic hydroxyl groups is 7. The van der Waals surface area contributed by atoms with Crippen molar-refractivity contribution in [3.8, 4) is 16.9 Å². The molecule has 0 saturated carbocycles. The third-order valence-corrected chi connectivity index (χ3v) is 7.81. The molecule has 2 aliphatic heterocycles. The number of aliphatic hydroxyl groups excluding tert-OH is 7. The highest BCUT2D eigenvalue weighted by Crippen LogP contribution is 2.36. The van der Waals surface area contributed by atoms with Crippen LogP contribution in [0.25, 0.3) is 11.1 Å². The largest absolute Gasteiger partial charge is 0.462 e. The number of ketones is 1. The fourth-order valence-corrected chi connectivity index (χ4v) is 5.27. The van der Waals surface area contributed by atoms with Crippen molar-refractivity contribution in [1.82, 2.24) is 0 Å². The zero-order valence-corrected chi connectivity index (χ0v) is 22.4. The Labute approximate surface area is 232 Å². The lowest BCUT2D eigenvalue weighted by Gasteiger charge is -2.46. The Hall–Kier alpha value is -2.45. The molecule has 7 N–H and O–H groups in total. The predicted octanol–water partition coefficient (Wildman–Crippen LogP) is -0.0788. The minimum atomic E-state index is -1.61. The Morgan fingerprint density at radius 3 is 2.00 bits per heavy atom. The van der Waals surface area contributed by atoms with Crippen LogP contribution in [-0.4, -0.2) is 110 Å². The van der Waals surface area contributed by atoms with Crippen LogP contribution in [-0.2, 0) is 9.47 Å². The molecule has 10 atom stereocenters. The molecular formula is C29H38O11. The molecule has 0 bridgehead atoms. The van der Waals surface area contributed by atoms with Crippen LogP contribution in [0.2, 0.25) is 0 Å². The van der Waals surface area contributed by atoms with E-state index in [2.05, 4.69) is 0 Å². The van der Waals surface area contributed by atoms with E-state index < -0.39 is 74.3 Å². The third-order valence-electron chi connectivity index (χ3n) is 7.81. The Balaban J connectivity index is 1.55. The van der Waals surface area contributed by atoms with E-state index in [1.165, 1.54) is 0 Å². The Bertz CT molecular complexity index is 1140. The molecule has 2 heterocycles. The second-order valence-corrected chi connectivity index (χ2v) is 10.4. The van der Waals surface area contributed by atoms with Crippen LogP contribution >= 0.6 is 0 Å². The van der Waals surface area contributed by atoms with Gasteiger partial charge in [-0.05, 0) is 36.1 Å². The van der Waals surface area contributed by atoms with Gasteiger partial charge in [0.05, 0.1) is 25.4 Å². The van der Waals surface area contributed by atoms with Crippen molar-refractivity contribution >= 4 is 5.78 Å². The molecule has 2 aromatic carbocycles. The topological polar surface area (TPSA) is 186 Å². The molecule has 0 aliphatic carbocycles. The van der Waals surface area contributed by atoms with E-state index in [1.54, 1.807) is 32.0 Å². The van der Waals surface area contributed by atoms with Crippen LogP contribution in [0.5, 0.6) is 5.75 Å². The van der Waals surface area contributed by atoms with Crippen molar-refractivity contribution in [2.45, 2.75) is 81.8 Å². The van der Waals surface area contributed by atoms with Gasteiger partial charge in [-0.25, -0.2) is 0 Å². The van der Waals surface area contributed by atoms with Gasteiger partial charge in [-0.2, -0.15) is 0 Å². The second kappa shape index (κ2) is 13.0. The molecule has 2 aliphatic rings. The van der Waals surface area contributed by atoms with Crippen LogP contribution < -0.4 is 4.74 Å². The molecule has 11 heteroatoms. The average molecular weight is 563 g/mol. The van der Waals surface area contributed by atoms with Crippen LogP contribution in [0.1, 0.15) is 35.7 Å². The summed E-state index contributed by atoms with van der Waals surface area (Å²) in [6.45, 7) is 2.41. The number of aryl methyl sites for hydroxylation is 1. The minimum absolute atomic E-state index is 0.0433. The van der Waals surface area contributed by atoms with Crippen LogP contribution in [0.15, 0.2) is 42.5 Å². The number of rotatable bonds is 9. The van der Waals surface area contributed by atoms with E-state index in [1.807, 2.05) is 24.3 Å². The highest BCUT2D eigenvalue weighted by atomic mass is 16.7. The fraction of sp³-hybridized carbons (Fsp3) is 0.552. The number of Topliss-reactive ketones (excluding diaryl/α,β-unsaturated/α-hetero) is 1. The summed E-state index contributed by atoms with van der Waals surface area (Å²) >= 11 is 0. The molecule has 11 nitrogen and oxygen atoms in total. The summed E-state index contributed by atoms with van der Waals surface area (Å²) in [6.07, 6.45) is -12.0. The second-order valence-electron chi connectivity index (χ2n) is 10.4.